The van der Waals surface area contributed by atoms with Crippen molar-refractivity contribution in [1.29, 1.82) is 0 Å². The maximum Gasteiger partial charge on any atom is 0.230 e. The van der Waals surface area contributed by atoms with E-state index in [2.05, 4.69) is 22.3 Å². The molecule has 1 saturated heterocycles. The molecule has 0 aromatic carbocycles. The summed E-state index contributed by atoms with van der Waals surface area (Å²) in [5.74, 6) is 1.60. The number of hydrogen-bond donors (Lipinski definition) is 0. The fraction of sp³-hybridized carbons (Fsp3) is 0.688. The van der Waals surface area contributed by atoms with E-state index < -0.39 is 0 Å². The van der Waals surface area contributed by atoms with Gasteiger partial charge in [-0.25, -0.2) is 0 Å². The van der Waals surface area contributed by atoms with Crippen LogP contribution in [0.2, 0.25) is 0 Å². The second kappa shape index (κ2) is 6.60. The smallest absolute Gasteiger partial charge is 0.230 e. The number of aromatic nitrogens is 2. The number of rotatable bonds is 3. The molecule has 1 aliphatic heterocycles. The molecule has 0 N–H and O–H groups in total. The molecule has 2 aliphatic rings. The highest BCUT2D eigenvalue weighted by atomic mass is 16.5. The van der Waals surface area contributed by atoms with Crippen LogP contribution in [0.5, 0.6) is 0 Å². The zero-order valence-corrected chi connectivity index (χ0v) is 13.2. The fourth-order valence-corrected chi connectivity index (χ4v) is 3.01. The van der Waals surface area contributed by atoms with Crippen LogP contribution >= 0.6 is 0 Å². The highest BCUT2D eigenvalue weighted by Gasteiger charge is 2.36. The van der Waals surface area contributed by atoms with Crippen molar-refractivity contribution >= 4 is 5.91 Å². The molecule has 6 heteroatoms. The first kappa shape index (κ1) is 15.2. The highest BCUT2D eigenvalue weighted by molar-refractivity contribution is 5.80. The van der Waals surface area contributed by atoms with Gasteiger partial charge in [0.2, 0.25) is 11.8 Å². The zero-order valence-electron chi connectivity index (χ0n) is 13.2. The summed E-state index contributed by atoms with van der Waals surface area (Å²) in [6.45, 7) is 6.66. The van der Waals surface area contributed by atoms with Crippen LogP contribution in [0, 0.1) is 5.92 Å². The van der Waals surface area contributed by atoms with E-state index in [1.165, 1.54) is 0 Å². The van der Waals surface area contributed by atoms with E-state index in [9.17, 15) is 4.79 Å². The van der Waals surface area contributed by atoms with E-state index in [1.807, 2.05) is 18.7 Å². The minimum atomic E-state index is -0.108. The largest absolute Gasteiger partial charge is 0.378 e. The lowest BCUT2D eigenvalue weighted by Gasteiger charge is -2.33. The molecule has 0 saturated carbocycles. The molecule has 120 valence electrons. The Labute approximate surface area is 130 Å². The summed E-state index contributed by atoms with van der Waals surface area (Å²) in [7, 11) is 0. The van der Waals surface area contributed by atoms with Crippen LogP contribution in [0.15, 0.2) is 16.7 Å². The quantitative estimate of drug-likeness (QED) is 0.800. The summed E-state index contributed by atoms with van der Waals surface area (Å²) in [5, 5.41) is 4.04. The lowest BCUT2D eigenvalue weighted by Crippen LogP contribution is -2.45. The first-order valence-corrected chi connectivity index (χ1v) is 8.02. The molecular weight excluding hydrogens is 282 g/mol. The molecule has 1 amide bonds. The monoisotopic (exact) mass is 305 g/mol. The SMILES string of the molecule is CC(C)c1noc([C@@H]2CC=CC[C@@H]2C(=O)N2CCOCC2)n1. The first-order chi connectivity index (χ1) is 10.7. The third-order valence-electron chi connectivity index (χ3n) is 4.36. The van der Waals surface area contributed by atoms with Gasteiger partial charge in [0.25, 0.3) is 0 Å². The Balaban J connectivity index is 1.78. The van der Waals surface area contributed by atoms with Crippen molar-refractivity contribution in [3.05, 3.63) is 23.9 Å². The Morgan fingerprint density at radius 2 is 2.00 bits per heavy atom. The highest BCUT2D eigenvalue weighted by Crippen LogP contribution is 2.35. The van der Waals surface area contributed by atoms with E-state index in [4.69, 9.17) is 9.26 Å². The predicted molar refractivity (Wildman–Crippen MR) is 80.4 cm³/mol. The topological polar surface area (TPSA) is 68.5 Å². The van der Waals surface area contributed by atoms with Gasteiger partial charge in [-0.15, -0.1) is 0 Å². The van der Waals surface area contributed by atoms with E-state index in [1.54, 1.807) is 0 Å². The molecule has 1 fully saturated rings. The summed E-state index contributed by atoms with van der Waals surface area (Å²) < 4.78 is 10.8. The summed E-state index contributed by atoms with van der Waals surface area (Å²) in [4.78, 5) is 19.2. The van der Waals surface area contributed by atoms with Crippen LogP contribution in [-0.4, -0.2) is 47.3 Å². The summed E-state index contributed by atoms with van der Waals surface area (Å²) in [5.41, 5.74) is 0. The van der Waals surface area contributed by atoms with Crippen LogP contribution in [-0.2, 0) is 9.53 Å². The minimum absolute atomic E-state index is 0.0136. The van der Waals surface area contributed by atoms with Crippen molar-refractivity contribution in [1.82, 2.24) is 15.0 Å². The molecule has 1 aromatic heterocycles. The van der Waals surface area contributed by atoms with E-state index in [0.29, 0.717) is 38.0 Å². The molecule has 0 spiro atoms. The van der Waals surface area contributed by atoms with Gasteiger partial charge in [-0.1, -0.05) is 31.2 Å². The molecule has 0 radical (unpaired) electrons. The third kappa shape index (κ3) is 3.06. The lowest BCUT2D eigenvalue weighted by atomic mass is 9.81. The summed E-state index contributed by atoms with van der Waals surface area (Å²) in [6.07, 6.45) is 5.70. The van der Waals surface area contributed by atoms with E-state index in [-0.39, 0.29) is 23.7 Å². The normalized spacial score (nSPS) is 25.7. The van der Waals surface area contributed by atoms with Crippen LogP contribution in [0.25, 0.3) is 0 Å². The zero-order chi connectivity index (χ0) is 15.5. The number of allylic oxidation sites excluding steroid dienone is 2. The number of amides is 1. The number of ether oxygens (including phenoxy) is 1. The Morgan fingerprint density at radius 3 is 2.68 bits per heavy atom. The molecule has 1 aliphatic carbocycles. The van der Waals surface area contributed by atoms with Gasteiger partial charge in [0.05, 0.1) is 25.0 Å². The Bertz CT molecular complexity index is 547. The number of carbonyl (C=O) groups excluding carboxylic acids is 1. The fourth-order valence-electron chi connectivity index (χ4n) is 3.01. The van der Waals surface area contributed by atoms with Crippen LogP contribution in [0.1, 0.15) is 50.2 Å². The van der Waals surface area contributed by atoms with Crippen molar-refractivity contribution in [2.75, 3.05) is 26.3 Å². The van der Waals surface area contributed by atoms with Crippen LogP contribution in [0.4, 0.5) is 0 Å². The van der Waals surface area contributed by atoms with Gasteiger partial charge >= 0.3 is 0 Å². The molecular formula is C16H23N3O3. The molecule has 0 unspecified atom stereocenters. The number of hydrogen-bond acceptors (Lipinski definition) is 5. The number of carbonyl (C=O) groups is 1. The van der Waals surface area contributed by atoms with Gasteiger partial charge in [0, 0.05) is 19.0 Å². The second-order valence-electron chi connectivity index (χ2n) is 6.24. The minimum Gasteiger partial charge on any atom is -0.378 e. The Kier molecular flexibility index (Phi) is 4.57. The van der Waals surface area contributed by atoms with E-state index in [0.717, 1.165) is 12.8 Å². The average Bonchev–Trinajstić information content (AvgIpc) is 3.05. The number of nitrogens with zero attached hydrogens (tertiary/aromatic N) is 3. The average molecular weight is 305 g/mol. The molecule has 0 bridgehead atoms. The van der Waals surface area contributed by atoms with Crippen LogP contribution < -0.4 is 0 Å². The van der Waals surface area contributed by atoms with Gasteiger partial charge < -0.3 is 14.2 Å². The van der Waals surface area contributed by atoms with Crippen molar-refractivity contribution in [3.63, 3.8) is 0 Å². The van der Waals surface area contributed by atoms with Gasteiger partial charge in [-0.05, 0) is 12.8 Å². The molecule has 22 heavy (non-hydrogen) atoms. The molecule has 1 aromatic rings. The predicted octanol–water partition coefficient (Wildman–Crippen LogP) is 2.10. The van der Waals surface area contributed by atoms with Crippen LogP contribution in [0.3, 0.4) is 0 Å². The van der Waals surface area contributed by atoms with Crippen molar-refractivity contribution in [2.45, 2.75) is 38.5 Å². The Hall–Kier alpha value is -1.69. The summed E-state index contributed by atoms with van der Waals surface area (Å²) in [6, 6.07) is 0. The van der Waals surface area contributed by atoms with Gasteiger partial charge in [-0.3, -0.25) is 4.79 Å². The van der Waals surface area contributed by atoms with Gasteiger partial charge in [-0.2, -0.15) is 4.98 Å². The standard InChI is InChI=1S/C16H23N3O3/c1-11(2)14-17-15(22-18-14)12-5-3-4-6-13(12)16(20)19-7-9-21-10-8-19/h3-4,11-13H,5-10H2,1-2H3/t12-,13+/m1/s1. The van der Waals surface area contributed by atoms with Gasteiger partial charge in [0.1, 0.15) is 0 Å². The van der Waals surface area contributed by atoms with Gasteiger partial charge in [0.15, 0.2) is 5.82 Å². The van der Waals surface area contributed by atoms with Crippen molar-refractivity contribution in [3.8, 4) is 0 Å². The van der Waals surface area contributed by atoms with Crippen molar-refractivity contribution < 1.29 is 14.1 Å². The number of morpholine rings is 1. The molecule has 6 nitrogen and oxygen atoms in total. The lowest BCUT2D eigenvalue weighted by molar-refractivity contribution is -0.140. The molecule has 3 rings (SSSR count). The maximum absolute atomic E-state index is 12.8. The Morgan fingerprint density at radius 1 is 1.27 bits per heavy atom. The summed E-state index contributed by atoms with van der Waals surface area (Å²) >= 11 is 0. The van der Waals surface area contributed by atoms with Crippen molar-refractivity contribution in [2.24, 2.45) is 5.92 Å². The maximum atomic E-state index is 12.8. The third-order valence-corrected chi connectivity index (χ3v) is 4.36. The second-order valence-corrected chi connectivity index (χ2v) is 6.24. The molecule has 2 atom stereocenters. The first-order valence-electron chi connectivity index (χ1n) is 8.02. The van der Waals surface area contributed by atoms with E-state index >= 15 is 0 Å². The molecule has 2 heterocycles.